The Morgan fingerprint density at radius 2 is 1.23 bits per heavy atom. The molecular formula is C23H30N2O5. The lowest BCUT2D eigenvalue weighted by Gasteiger charge is -2.25. The van der Waals surface area contributed by atoms with Gasteiger partial charge in [0.05, 0.1) is 58.5 Å². The Bertz CT molecular complexity index is 750. The highest BCUT2D eigenvalue weighted by molar-refractivity contribution is 5.85. The van der Waals surface area contributed by atoms with Gasteiger partial charge in [0, 0.05) is 30.6 Å². The highest BCUT2D eigenvalue weighted by Gasteiger charge is 2.07. The van der Waals surface area contributed by atoms with Crippen LogP contribution in [0.5, 0.6) is 5.75 Å². The van der Waals surface area contributed by atoms with E-state index in [-0.39, 0.29) is 5.75 Å². The molecule has 2 aromatic carbocycles. The summed E-state index contributed by atoms with van der Waals surface area (Å²) < 4.78 is 22.3. The Labute approximate surface area is 177 Å². The number of phenols is 1. The molecule has 1 saturated heterocycles. The first-order chi connectivity index (χ1) is 14.8. The Morgan fingerprint density at radius 3 is 1.80 bits per heavy atom. The minimum absolute atomic E-state index is 0.218. The van der Waals surface area contributed by atoms with Crippen molar-refractivity contribution in [2.75, 3.05) is 70.8 Å². The summed E-state index contributed by atoms with van der Waals surface area (Å²) in [7, 11) is 0. The van der Waals surface area contributed by atoms with E-state index in [0.29, 0.717) is 58.4 Å². The molecule has 1 heterocycles. The van der Waals surface area contributed by atoms with Gasteiger partial charge in [-0.05, 0) is 36.4 Å². The van der Waals surface area contributed by atoms with Crippen LogP contribution in [0, 0.1) is 0 Å². The van der Waals surface area contributed by atoms with Crippen LogP contribution in [0.2, 0.25) is 0 Å². The van der Waals surface area contributed by atoms with E-state index in [0.717, 1.165) is 24.5 Å². The van der Waals surface area contributed by atoms with Crippen molar-refractivity contribution in [1.82, 2.24) is 0 Å². The van der Waals surface area contributed by atoms with Crippen molar-refractivity contribution in [3.05, 3.63) is 54.1 Å². The number of phenolic OH excluding ortho intramolecular Hbond substituents is 1. The number of aromatic hydroxyl groups is 1. The van der Waals surface area contributed by atoms with Gasteiger partial charge < -0.3 is 29.0 Å². The third-order valence-corrected chi connectivity index (χ3v) is 4.63. The SMILES string of the molecule is Oc1ccccc1C=Nc1ccc(N2CCOCCOCCOCCOCC2)cc1. The lowest BCUT2D eigenvalue weighted by atomic mass is 10.2. The molecule has 0 bridgehead atoms. The summed E-state index contributed by atoms with van der Waals surface area (Å²) in [6, 6.07) is 15.1. The number of benzene rings is 2. The molecule has 0 amide bonds. The molecule has 7 heteroatoms. The molecule has 1 aliphatic heterocycles. The monoisotopic (exact) mass is 414 g/mol. The van der Waals surface area contributed by atoms with Crippen LogP contribution >= 0.6 is 0 Å². The molecule has 3 rings (SSSR count). The predicted molar refractivity (Wildman–Crippen MR) is 117 cm³/mol. The maximum atomic E-state index is 9.84. The van der Waals surface area contributed by atoms with Gasteiger partial charge in [0.15, 0.2) is 0 Å². The minimum Gasteiger partial charge on any atom is -0.507 e. The molecule has 162 valence electrons. The van der Waals surface area contributed by atoms with Gasteiger partial charge in [-0.1, -0.05) is 12.1 Å². The average Bonchev–Trinajstić information content (AvgIpc) is 2.78. The smallest absolute Gasteiger partial charge is 0.124 e. The fourth-order valence-electron chi connectivity index (χ4n) is 2.97. The van der Waals surface area contributed by atoms with Crippen molar-refractivity contribution in [1.29, 1.82) is 0 Å². The fraction of sp³-hybridized carbons (Fsp3) is 0.435. The molecule has 0 aliphatic carbocycles. The molecule has 0 spiro atoms. The molecule has 0 atom stereocenters. The van der Waals surface area contributed by atoms with Gasteiger partial charge in [0.2, 0.25) is 0 Å². The second-order valence-electron chi connectivity index (χ2n) is 6.77. The fourth-order valence-corrected chi connectivity index (χ4v) is 2.97. The Balaban J connectivity index is 1.58. The van der Waals surface area contributed by atoms with Crippen LogP contribution in [0.15, 0.2) is 53.5 Å². The first kappa shape index (κ1) is 22.2. The van der Waals surface area contributed by atoms with Crippen LogP contribution in [0.25, 0.3) is 0 Å². The predicted octanol–water partition coefficient (Wildman–Crippen LogP) is 3.03. The number of nitrogens with zero attached hydrogens (tertiary/aromatic N) is 2. The van der Waals surface area contributed by atoms with Gasteiger partial charge in [0.25, 0.3) is 0 Å². The van der Waals surface area contributed by atoms with Crippen molar-refractivity contribution in [3.63, 3.8) is 0 Å². The van der Waals surface area contributed by atoms with Gasteiger partial charge in [-0.15, -0.1) is 0 Å². The van der Waals surface area contributed by atoms with Gasteiger partial charge >= 0.3 is 0 Å². The Hall–Kier alpha value is -2.45. The molecular weight excluding hydrogens is 384 g/mol. The van der Waals surface area contributed by atoms with Crippen molar-refractivity contribution < 1.29 is 24.1 Å². The van der Waals surface area contributed by atoms with Crippen molar-refractivity contribution in [2.24, 2.45) is 4.99 Å². The van der Waals surface area contributed by atoms with Crippen LogP contribution in [-0.4, -0.2) is 77.3 Å². The van der Waals surface area contributed by atoms with E-state index in [9.17, 15) is 5.11 Å². The standard InChI is InChI=1S/C23H30N2O5/c26-23-4-2-1-3-20(23)19-24-21-5-7-22(8-6-21)25-9-11-27-13-15-29-17-18-30-16-14-28-12-10-25/h1-8,19,26H,9-18H2. The summed E-state index contributed by atoms with van der Waals surface area (Å²) in [6.45, 7) is 6.21. The largest absolute Gasteiger partial charge is 0.507 e. The highest BCUT2D eigenvalue weighted by Crippen LogP contribution is 2.21. The summed E-state index contributed by atoms with van der Waals surface area (Å²) in [5.41, 5.74) is 2.59. The molecule has 0 radical (unpaired) electrons. The Morgan fingerprint density at radius 1 is 0.700 bits per heavy atom. The zero-order chi connectivity index (χ0) is 20.9. The average molecular weight is 415 g/mol. The molecule has 0 saturated carbocycles. The molecule has 2 aromatic rings. The van der Waals surface area contributed by atoms with Crippen LogP contribution in [-0.2, 0) is 18.9 Å². The number of anilines is 1. The van der Waals surface area contributed by atoms with Gasteiger partial charge in [0.1, 0.15) is 5.75 Å². The van der Waals surface area contributed by atoms with E-state index in [1.807, 2.05) is 36.4 Å². The van der Waals surface area contributed by atoms with Crippen molar-refractivity contribution >= 4 is 17.6 Å². The maximum Gasteiger partial charge on any atom is 0.124 e. The topological polar surface area (TPSA) is 72.8 Å². The first-order valence-electron chi connectivity index (χ1n) is 10.3. The van der Waals surface area contributed by atoms with E-state index in [1.165, 1.54) is 0 Å². The third kappa shape index (κ3) is 7.76. The number of rotatable bonds is 3. The lowest BCUT2D eigenvalue weighted by molar-refractivity contribution is 0.00206. The normalized spacial score (nSPS) is 18.1. The number of para-hydroxylation sites is 1. The minimum atomic E-state index is 0.218. The molecule has 0 unspecified atom stereocenters. The zero-order valence-electron chi connectivity index (χ0n) is 17.2. The van der Waals surface area contributed by atoms with E-state index in [1.54, 1.807) is 18.3 Å². The number of hydrogen-bond donors (Lipinski definition) is 1. The van der Waals surface area contributed by atoms with Crippen LogP contribution in [0.1, 0.15) is 5.56 Å². The summed E-state index contributed by atoms with van der Waals surface area (Å²) in [6.07, 6.45) is 1.67. The van der Waals surface area contributed by atoms with E-state index in [4.69, 9.17) is 18.9 Å². The van der Waals surface area contributed by atoms with Gasteiger partial charge in [-0.3, -0.25) is 4.99 Å². The summed E-state index contributed by atoms with van der Waals surface area (Å²) in [5, 5.41) is 9.84. The summed E-state index contributed by atoms with van der Waals surface area (Å²) in [5.74, 6) is 0.218. The molecule has 0 aromatic heterocycles. The van der Waals surface area contributed by atoms with Crippen molar-refractivity contribution in [3.8, 4) is 5.75 Å². The van der Waals surface area contributed by atoms with Gasteiger partial charge in [-0.25, -0.2) is 0 Å². The molecule has 1 fully saturated rings. The highest BCUT2D eigenvalue weighted by atomic mass is 16.6. The summed E-state index contributed by atoms with van der Waals surface area (Å²) >= 11 is 0. The number of hydrogen-bond acceptors (Lipinski definition) is 7. The summed E-state index contributed by atoms with van der Waals surface area (Å²) in [4.78, 5) is 6.69. The quantitative estimate of drug-likeness (QED) is 0.779. The second-order valence-corrected chi connectivity index (χ2v) is 6.77. The second kappa shape index (κ2) is 13.0. The molecule has 7 nitrogen and oxygen atoms in total. The third-order valence-electron chi connectivity index (χ3n) is 4.63. The van der Waals surface area contributed by atoms with E-state index in [2.05, 4.69) is 9.89 Å². The Kier molecular flexibility index (Phi) is 9.62. The van der Waals surface area contributed by atoms with Crippen LogP contribution in [0.4, 0.5) is 11.4 Å². The molecule has 1 aliphatic rings. The van der Waals surface area contributed by atoms with Crippen LogP contribution < -0.4 is 4.90 Å². The van der Waals surface area contributed by atoms with Crippen molar-refractivity contribution in [2.45, 2.75) is 0 Å². The molecule has 30 heavy (non-hydrogen) atoms. The van der Waals surface area contributed by atoms with Crippen LogP contribution in [0.3, 0.4) is 0 Å². The lowest BCUT2D eigenvalue weighted by Crippen LogP contribution is -2.31. The number of ether oxygens (including phenoxy) is 4. The maximum absolute atomic E-state index is 9.84. The molecule has 1 N–H and O–H groups in total. The first-order valence-corrected chi connectivity index (χ1v) is 10.3. The zero-order valence-corrected chi connectivity index (χ0v) is 17.2. The number of aliphatic imine (C=N–C) groups is 1. The van der Waals surface area contributed by atoms with E-state index < -0.39 is 0 Å². The van der Waals surface area contributed by atoms with Gasteiger partial charge in [-0.2, -0.15) is 0 Å². The van der Waals surface area contributed by atoms with E-state index >= 15 is 0 Å².